The van der Waals surface area contributed by atoms with Crippen LogP contribution in [0.5, 0.6) is 5.75 Å². The number of hydrogen-bond acceptors (Lipinski definition) is 3. The van der Waals surface area contributed by atoms with Crippen LogP contribution in [-0.4, -0.2) is 35.9 Å². The Hall–Kier alpha value is -2.53. The number of ether oxygens (including phenoxy) is 1. The van der Waals surface area contributed by atoms with E-state index in [4.69, 9.17) is 16.3 Å². The first-order chi connectivity index (χ1) is 14.7. The van der Waals surface area contributed by atoms with Gasteiger partial charge >= 0.3 is 0 Å². The third kappa shape index (κ3) is 7.91. The van der Waals surface area contributed by atoms with Gasteiger partial charge in [0.1, 0.15) is 11.8 Å². The van der Waals surface area contributed by atoms with Gasteiger partial charge in [0.25, 0.3) is 5.91 Å². The molecule has 0 aliphatic rings. The molecule has 2 aromatic carbocycles. The van der Waals surface area contributed by atoms with Gasteiger partial charge in [0.2, 0.25) is 5.91 Å². The van der Waals surface area contributed by atoms with Gasteiger partial charge < -0.3 is 15.0 Å². The standard InChI is InChI=1S/C25H33ClN2O3/c1-17(2)14-27-25(30)19(5)28(15-20-7-6-8-22(26)13-20)24(29)16-31-23-11-9-21(10-12-23)18(3)4/h6-13,17-19H,14-16H2,1-5H3,(H,27,30). The Balaban J connectivity index is 2.11. The van der Waals surface area contributed by atoms with Gasteiger partial charge in [0, 0.05) is 18.1 Å². The molecule has 0 aliphatic heterocycles. The molecule has 1 unspecified atom stereocenters. The molecule has 0 saturated heterocycles. The maximum atomic E-state index is 13.1. The smallest absolute Gasteiger partial charge is 0.261 e. The Bertz CT molecular complexity index is 865. The van der Waals surface area contributed by atoms with Crippen LogP contribution in [0.2, 0.25) is 5.02 Å². The maximum Gasteiger partial charge on any atom is 0.261 e. The summed E-state index contributed by atoms with van der Waals surface area (Å²) in [5, 5.41) is 3.49. The van der Waals surface area contributed by atoms with Gasteiger partial charge in [-0.3, -0.25) is 9.59 Å². The fourth-order valence-corrected chi connectivity index (χ4v) is 3.26. The van der Waals surface area contributed by atoms with E-state index in [1.807, 2.05) is 50.2 Å². The molecule has 0 fully saturated rings. The fourth-order valence-electron chi connectivity index (χ4n) is 3.04. The van der Waals surface area contributed by atoms with E-state index in [2.05, 4.69) is 19.2 Å². The van der Waals surface area contributed by atoms with Crippen molar-refractivity contribution in [3.63, 3.8) is 0 Å². The molecule has 6 heteroatoms. The molecule has 1 atom stereocenters. The van der Waals surface area contributed by atoms with E-state index in [1.54, 1.807) is 19.1 Å². The number of benzene rings is 2. The number of carbonyl (C=O) groups excluding carboxylic acids is 2. The van der Waals surface area contributed by atoms with E-state index in [9.17, 15) is 9.59 Å². The first kappa shape index (κ1) is 24.7. The van der Waals surface area contributed by atoms with Crippen LogP contribution in [0.4, 0.5) is 0 Å². The lowest BCUT2D eigenvalue weighted by molar-refractivity contribution is -0.142. The largest absolute Gasteiger partial charge is 0.484 e. The van der Waals surface area contributed by atoms with Crippen molar-refractivity contribution in [1.82, 2.24) is 10.2 Å². The minimum atomic E-state index is -0.642. The van der Waals surface area contributed by atoms with Gasteiger partial charge in [0.05, 0.1) is 0 Å². The number of hydrogen-bond donors (Lipinski definition) is 1. The SMILES string of the molecule is CC(C)CNC(=O)C(C)N(Cc1cccc(Cl)c1)C(=O)COc1ccc(C(C)C)cc1. The average molecular weight is 445 g/mol. The highest BCUT2D eigenvalue weighted by atomic mass is 35.5. The minimum Gasteiger partial charge on any atom is -0.484 e. The number of amides is 2. The van der Waals surface area contributed by atoms with E-state index in [0.29, 0.717) is 29.2 Å². The van der Waals surface area contributed by atoms with Gasteiger partial charge in [-0.15, -0.1) is 0 Å². The second-order valence-corrected chi connectivity index (χ2v) is 8.92. The van der Waals surface area contributed by atoms with Crippen LogP contribution in [0.15, 0.2) is 48.5 Å². The van der Waals surface area contributed by atoms with E-state index in [-0.39, 0.29) is 25.0 Å². The van der Waals surface area contributed by atoms with Crippen LogP contribution in [-0.2, 0) is 16.1 Å². The van der Waals surface area contributed by atoms with Crippen LogP contribution in [0.3, 0.4) is 0 Å². The zero-order valence-electron chi connectivity index (χ0n) is 19.0. The molecular weight excluding hydrogens is 412 g/mol. The Labute approximate surface area is 190 Å². The van der Waals surface area contributed by atoms with Crippen LogP contribution in [0.25, 0.3) is 0 Å². The first-order valence-electron chi connectivity index (χ1n) is 10.7. The molecule has 0 heterocycles. The first-order valence-corrected chi connectivity index (χ1v) is 11.1. The summed E-state index contributed by atoms with van der Waals surface area (Å²) in [5.41, 5.74) is 2.06. The number of nitrogens with one attached hydrogen (secondary N) is 1. The van der Waals surface area contributed by atoms with Crippen molar-refractivity contribution in [2.24, 2.45) is 5.92 Å². The van der Waals surface area contributed by atoms with Crippen molar-refractivity contribution >= 4 is 23.4 Å². The van der Waals surface area contributed by atoms with Crippen LogP contribution in [0.1, 0.15) is 51.7 Å². The topological polar surface area (TPSA) is 58.6 Å². The molecular formula is C25H33ClN2O3. The Kier molecular flexibility index (Phi) is 9.38. The fraction of sp³-hybridized carbons (Fsp3) is 0.440. The highest BCUT2D eigenvalue weighted by Crippen LogP contribution is 2.19. The minimum absolute atomic E-state index is 0.149. The Morgan fingerprint density at radius 1 is 1.03 bits per heavy atom. The molecule has 168 valence electrons. The van der Waals surface area contributed by atoms with Crippen molar-refractivity contribution in [1.29, 1.82) is 0 Å². The second kappa shape index (κ2) is 11.8. The zero-order valence-corrected chi connectivity index (χ0v) is 19.8. The molecule has 1 N–H and O–H groups in total. The summed E-state index contributed by atoms with van der Waals surface area (Å²) in [6.45, 7) is 10.7. The molecule has 0 aromatic heterocycles. The number of rotatable bonds is 10. The maximum absolute atomic E-state index is 13.1. The average Bonchev–Trinajstić information content (AvgIpc) is 2.74. The van der Waals surface area contributed by atoms with Crippen molar-refractivity contribution in [2.75, 3.05) is 13.2 Å². The molecule has 0 aliphatic carbocycles. The van der Waals surface area contributed by atoms with E-state index < -0.39 is 6.04 Å². The van der Waals surface area contributed by atoms with E-state index in [0.717, 1.165) is 5.56 Å². The summed E-state index contributed by atoms with van der Waals surface area (Å²) in [6.07, 6.45) is 0. The molecule has 0 saturated carbocycles. The third-order valence-corrected chi connectivity index (χ3v) is 5.24. The molecule has 2 amide bonds. The summed E-state index contributed by atoms with van der Waals surface area (Å²) < 4.78 is 5.72. The Morgan fingerprint density at radius 2 is 1.71 bits per heavy atom. The molecule has 0 spiro atoms. The highest BCUT2D eigenvalue weighted by Gasteiger charge is 2.26. The Morgan fingerprint density at radius 3 is 2.29 bits per heavy atom. The van der Waals surface area contributed by atoms with E-state index >= 15 is 0 Å². The van der Waals surface area contributed by atoms with Crippen molar-refractivity contribution in [2.45, 2.75) is 53.1 Å². The normalized spacial score (nSPS) is 12.0. The summed E-state index contributed by atoms with van der Waals surface area (Å²) in [7, 11) is 0. The summed E-state index contributed by atoms with van der Waals surface area (Å²) in [5.74, 6) is 0.919. The zero-order chi connectivity index (χ0) is 23.0. The molecule has 31 heavy (non-hydrogen) atoms. The summed E-state index contributed by atoms with van der Waals surface area (Å²) in [6, 6.07) is 14.4. The quantitative estimate of drug-likeness (QED) is 0.559. The molecule has 2 rings (SSSR count). The molecule has 2 aromatic rings. The lowest BCUT2D eigenvalue weighted by atomic mass is 10.0. The number of nitrogens with zero attached hydrogens (tertiary/aromatic N) is 1. The lowest BCUT2D eigenvalue weighted by Gasteiger charge is -2.29. The van der Waals surface area contributed by atoms with Gasteiger partial charge in [-0.2, -0.15) is 0 Å². The predicted octanol–water partition coefficient (Wildman–Crippen LogP) is 5.03. The summed E-state index contributed by atoms with van der Waals surface area (Å²) in [4.78, 5) is 27.2. The van der Waals surface area contributed by atoms with Crippen LogP contribution >= 0.6 is 11.6 Å². The molecule has 5 nitrogen and oxygen atoms in total. The number of halogens is 1. The van der Waals surface area contributed by atoms with Gasteiger partial charge in [-0.1, -0.05) is 63.6 Å². The monoisotopic (exact) mass is 444 g/mol. The van der Waals surface area contributed by atoms with Gasteiger partial charge in [0.15, 0.2) is 6.61 Å². The second-order valence-electron chi connectivity index (χ2n) is 8.48. The molecule has 0 radical (unpaired) electrons. The lowest BCUT2D eigenvalue weighted by Crippen LogP contribution is -2.49. The van der Waals surface area contributed by atoms with Crippen molar-refractivity contribution in [3.05, 3.63) is 64.7 Å². The van der Waals surface area contributed by atoms with Crippen molar-refractivity contribution in [3.8, 4) is 5.75 Å². The number of carbonyl (C=O) groups is 2. The summed E-state index contributed by atoms with van der Waals surface area (Å²) >= 11 is 6.10. The molecule has 0 bridgehead atoms. The van der Waals surface area contributed by atoms with Crippen LogP contribution in [0, 0.1) is 5.92 Å². The van der Waals surface area contributed by atoms with Gasteiger partial charge in [-0.25, -0.2) is 0 Å². The highest BCUT2D eigenvalue weighted by molar-refractivity contribution is 6.30. The third-order valence-electron chi connectivity index (χ3n) is 5.00. The van der Waals surface area contributed by atoms with Crippen LogP contribution < -0.4 is 10.1 Å². The van der Waals surface area contributed by atoms with E-state index in [1.165, 1.54) is 10.5 Å². The predicted molar refractivity (Wildman–Crippen MR) is 125 cm³/mol. The van der Waals surface area contributed by atoms with Gasteiger partial charge in [-0.05, 0) is 54.2 Å². The van der Waals surface area contributed by atoms with Crippen molar-refractivity contribution < 1.29 is 14.3 Å².